The first-order valence-electron chi connectivity index (χ1n) is 13.0. The monoisotopic (exact) mass is 529 g/mol. The molecule has 1 aromatic carbocycles. The van der Waals surface area contributed by atoms with Gasteiger partial charge >= 0.3 is 5.97 Å². The summed E-state index contributed by atoms with van der Waals surface area (Å²) < 4.78 is 12.0. The predicted molar refractivity (Wildman–Crippen MR) is 148 cm³/mol. The number of pyridine rings is 1. The third-order valence-corrected chi connectivity index (χ3v) is 6.56. The summed E-state index contributed by atoms with van der Waals surface area (Å²) in [5.74, 6) is -0.0653. The highest BCUT2D eigenvalue weighted by Gasteiger charge is 2.29. The number of esters is 1. The van der Waals surface area contributed by atoms with Gasteiger partial charge in [-0.05, 0) is 75.6 Å². The molecule has 1 saturated heterocycles. The number of aromatic nitrogens is 2. The maximum Gasteiger partial charge on any atom is 0.309 e. The quantitative estimate of drug-likeness (QED) is 0.266. The van der Waals surface area contributed by atoms with E-state index < -0.39 is 11.5 Å². The highest BCUT2D eigenvalue weighted by molar-refractivity contribution is 6.10. The first-order chi connectivity index (χ1) is 18.9. The first kappa shape index (κ1) is 27.4. The maximum atomic E-state index is 13.7. The Morgan fingerprint density at radius 2 is 1.87 bits per heavy atom. The number of carbonyl (C=O) groups excluding carboxylic acids is 2. The fraction of sp³-hybridized carbons (Fsp3) is 0.345. The number of amides is 1. The van der Waals surface area contributed by atoms with E-state index in [1.807, 2.05) is 30.9 Å². The van der Waals surface area contributed by atoms with E-state index in [4.69, 9.17) is 14.5 Å². The third-order valence-electron chi connectivity index (χ3n) is 6.56. The number of benzene rings is 1. The molecule has 202 valence electrons. The van der Waals surface area contributed by atoms with Gasteiger partial charge in [0.25, 0.3) is 11.5 Å². The van der Waals surface area contributed by atoms with Crippen LogP contribution in [0.2, 0.25) is 0 Å². The second-order valence-corrected chi connectivity index (χ2v) is 9.13. The molecule has 2 aromatic heterocycles. The zero-order valence-corrected chi connectivity index (χ0v) is 22.3. The zero-order valence-electron chi connectivity index (χ0n) is 22.3. The van der Waals surface area contributed by atoms with Crippen LogP contribution in [0.15, 0.2) is 53.0 Å². The summed E-state index contributed by atoms with van der Waals surface area (Å²) >= 11 is 0. The summed E-state index contributed by atoms with van der Waals surface area (Å²) in [6.45, 7) is 7.30. The number of hydrogen-bond acceptors (Lipinski definition) is 8. The third kappa shape index (κ3) is 6.09. The van der Waals surface area contributed by atoms with Gasteiger partial charge in [0.15, 0.2) is 0 Å². The van der Waals surface area contributed by atoms with Gasteiger partial charge in [-0.1, -0.05) is 6.07 Å². The lowest BCUT2D eigenvalue weighted by Crippen LogP contribution is -2.39. The molecule has 1 N–H and O–H groups in total. The number of nitriles is 1. The largest absolute Gasteiger partial charge is 0.494 e. The minimum Gasteiger partial charge on any atom is -0.494 e. The van der Waals surface area contributed by atoms with Crippen molar-refractivity contribution in [3.8, 4) is 11.8 Å². The van der Waals surface area contributed by atoms with Crippen molar-refractivity contribution in [3.63, 3.8) is 0 Å². The number of hydrogen-bond donors (Lipinski definition) is 1. The van der Waals surface area contributed by atoms with Crippen LogP contribution in [0, 0.1) is 24.2 Å². The van der Waals surface area contributed by atoms with Gasteiger partial charge in [0, 0.05) is 25.0 Å². The molecular formula is C29H31N5O5. The summed E-state index contributed by atoms with van der Waals surface area (Å²) in [5.41, 5.74) is 1.27. The predicted octanol–water partition coefficient (Wildman–Crippen LogP) is 3.73. The number of piperidine rings is 1. The van der Waals surface area contributed by atoms with Gasteiger partial charge in [-0.25, -0.2) is 4.98 Å². The van der Waals surface area contributed by atoms with Crippen LogP contribution in [0.5, 0.6) is 5.75 Å². The number of aryl methyl sites for hydroxylation is 1. The highest BCUT2D eigenvalue weighted by Crippen LogP contribution is 2.27. The lowest BCUT2D eigenvalue weighted by Gasteiger charge is -2.32. The fourth-order valence-corrected chi connectivity index (χ4v) is 4.55. The van der Waals surface area contributed by atoms with Crippen molar-refractivity contribution in [3.05, 3.63) is 69.6 Å². The zero-order chi connectivity index (χ0) is 27.9. The van der Waals surface area contributed by atoms with Crippen LogP contribution < -0.4 is 20.5 Å². The Bertz CT molecular complexity index is 1500. The lowest BCUT2D eigenvalue weighted by atomic mass is 9.96. The Hall–Kier alpha value is -4.65. The lowest BCUT2D eigenvalue weighted by molar-refractivity contribution is -0.148. The fourth-order valence-electron chi connectivity index (χ4n) is 4.55. The molecule has 3 heterocycles. The van der Waals surface area contributed by atoms with Crippen LogP contribution >= 0.6 is 0 Å². The standard InChI is InChI=1S/C29H31N5O5/c1-4-38-23-10-8-22(9-11-23)31-27(35)21(18-30)17-24-26(32-25-19(3)7-6-14-34(25)28(24)36)33-15-12-20(13-16-33)29(37)39-5-2/h6-11,14,17,20H,4-5,12-13,15-16H2,1-3H3,(H,31,35). The molecule has 0 unspecified atom stereocenters. The van der Waals surface area contributed by atoms with E-state index in [1.165, 1.54) is 10.5 Å². The van der Waals surface area contributed by atoms with Gasteiger partial charge < -0.3 is 19.7 Å². The van der Waals surface area contributed by atoms with Crippen molar-refractivity contribution in [2.24, 2.45) is 5.92 Å². The molecule has 0 atom stereocenters. The molecule has 1 aliphatic rings. The Morgan fingerprint density at radius 3 is 2.51 bits per heavy atom. The Kier molecular flexibility index (Phi) is 8.61. The molecule has 10 nitrogen and oxygen atoms in total. The first-order valence-corrected chi connectivity index (χ1v) is 13.0. The van der Waals surface area contributed by atoms with Crippen LogP contribution in [0.3, 0.4) is 0 Å². The summed E-state index contributed by atoms with van der Waals surface area (Å²) in [6, 6.07) is 12.3. The van der Waals surface area contributed by atoms with Gasteiger partial charge in [0.2, 0.25) is 0 Å². The summed E-state index contributed by atoms with van der Waals surface area (Å²) in [4.78, 5) is 45.6. The summed E-state index contributed by atoms with van der Waals surface area (Å²) in [6.07, 6.45) is 3.99. The number of nitrogens with zero attached hydrogens (tertiary/aromatic N) is 4. The van der Waals surface area contributed by atoms with Crippen molar-refractivity contribution in [2.75, 3.05) is 36.5 Å². The van der Waals surface area contributed by atoms with Crippen molar-refractivity contribution in [1.82, 2.24) is 9.38 Å². The molecule has 10 heteroatoms. The molecule has 0 aliphatic carbocycles. The smallest absolute Gasteiger partial charge is 0.309 e. The Labute approximate surface area is 226 Å². The van der Waals surface area contributed by atoms with Crippen LogP contribution in [0.1, 0.15) is 37.8 Å². The minimum absolute atomic E-state index is 0.131. The van der Waals surface area contributed by atoms with Crippen LogP contribution in [-0.2, 0) is 14.3 Å². The van der Waals surface area contributed by atoms with Gasteiger partial charge in [0.05, 0.1) is 24.7 Å². The van der Waals surface area contributed by atoms with E-state index in [0.29, 0.717) is 62.0 Å². The van der Waals surface area contributed by atoms with E-state index in [0.717, 1.165) is 5.56 Å². The topological polar surface area (TPSA) is 126 Å². The number of anilines is 2. The molecule has 3 aromatic rings. The Morgan fingerprint density at radius 1 is 1.15 bits per heavy atom. The maximum absolute atomic E-state index is 13.7. The number of fused-ring (bicyclic) bond motifs is 1. The second-order valence-electron chi connectivity index (χ2n) is 9.13. The molecule has 1 fully saturated rings. The number of nitrogens with one attached hydrogen (secondary N) is 1. The van der Waals surface area contributed by atoms with Crippen molar-refractivity contribution in [2.45, 2.75) is 33.6 Å². The molecule has 0 bridgehead atoms. The minimum atomic E-state index is -0.651. The van der Waals surface area contributed by atoms with E-state index in [-0.39, 0.29) is 23.0 Å². The average Bonchev–Trinajstić information content (AvgIpc) is 2.94. The molecule has 0 spiro atoms. The van der Waals surface area contributed by atoms with Crippen molar-refractivity contribution < 1.29 is 19.1 Å². The number of ether oxygens (including phenoxy) is 2. The molecule has 39 heavy (non-hydrogen) atoms. The van der Waals surface area contributed by atoms with Crippen LogP contribution in [0.4, 0.5) is 11.5 Å². The molecule has 1 aliphatic heterocycles. The van der Waals surface area contributed by atoms with Crippen LogP contribution in [-0.4, -0.2) is 47.6 Å². The highest BCUT2D eigenvalue weighted by atomic mass is 16.5. The summed E-state index contributed by atoms with van der Waals surface area (Å²) in [5, 5.41) is 12.6. The number of rotatable bonds is 8. The van der Waals surface area contributed by atoms with E-state index in [9.17, 15) is 19.6 Å². The molecule has 4 rings (SSSR count). The molecule has 0 radical (unpaired) electrons. The average molecular weight is 530 g/mol. The number of carbonyl (C=O) groups is 2. The van der Waals surface area contributed by atoms with Crippen molar-refractivity contribution >= 4 is 35.1 Å². The second kappa shape index (κ2) is 12.3. The van der Waals surface area contributed by atoms with Gasteiger partial charge in [0.1, 0.15) is 28.9 Å². The van der Waals surface area contributed by atoms with Gasteiger partial charge in [-0.2, -0.15) is 5.26 Å². The molecule has 0 saturated carbocycles. The SMILES string of the molecule is CCOC(=O)C1CCN(c2nc3c(C)cccn3c(=O)c2C=C(C#N)C(=O)Nc2ccc(OCC)cc2)CC1. The molecular weight excluding hydrogens is 498 g/mol. The van der Waals surface area contributed by atoms with Gasteiger partial charge in [-0.15, -0.1) is 0 Å². The van der Waals surface area contributed by atoms with Crippen LogP contribution in [0.25, 0.3) is 11.7 Å². The summed E-state index contributed by atoms with van der Waals surface area (Å²) in [7, 11) is 0. The van der Waals surface area contributed by atoms with Crippen molar-refractivity contribution in [1.29, 1.82) is 5.26 Å². The van der Waals surface area contributed by atoms with Gasteiger partial charge in [-0.3, -0.25) is 18.8 Å². The molecule has 1 amide bonds. The normalized spacial score (nSPS) is 14.1. The van der Waals surface area contributed by atoms with E-state index >= 15 is 0 Å². The Balaban J connectivity index is 1.70. The van der Waals surface area contributed by atoms with E-state index in [1.54, 1.807) is 43.5 Å². The van der Waals surface area contributed by atoms with E-state index in [2.05, 4.69) is 5.32 Å².